The first-order valence-electron chi connectivity index (χ1n) is 3.89. The number of para-hydroxylation sites is 1. The fourth-order valence-corrected chi connectivity index (χ4v) is 2.10. The number of benzene rings is 1. The first kappa shape index (κ1) is 10.1. The van der Waals surface area contributed by atoms with E-state index in [-0.39, 0.29) is 0 Å². The predicted octanol–water partition coefficient (Wildman–Crippen LogP) is 1.16. The molecule has 0 bridgehead atoms. The van der Waals surface area contributed by atoms with E-state index >= 15 is 0 Å². The van der Waals surface area contributed by atoms with Gasteiger partial charge in [0.15, 0.2) is 9.84 Å². The van der Waals surface area contributed by atoms with Crippen LogP contribution in [0.2, 0.25) is 0 Å². The summed E-state index contributed by atoms with van der Waals surface area (Å²) in [6.07, 6.45) is 1.22. The summed E-state index contributed by atoms with van der Waals surface area (Å²) in [7, 11) is 0.527. The Bertz CT molecular complexity index is 396. The molecule has 3 nitrogen and oxygen atoms in total. The van der Waals surface area contributed by atoms with Crippen LogP contribution in [0.5, 0.6) is 0 Å². The monoisotopic (exact) mass is 199 g/mol. The van der Waals surface area contributed by atoms with Crippen LogP contribution in [-0.4, -0.2) is 28.8 Å². The van der Waals surface area contributed by atoms with Gasteiger partial charge in [-0.2, -0.15) is 0 Å². The molecule has 0 N–H and O–H groups in total. The molecule has 0 aliphatic rings. The highest BCUT2D eigenvalue weighted by Gasteiger charge is 2.12. The van der Waals surface area contributed by atoms with Crippen molar-refractivity contribution in [3.05, 3.63) is 24.3 Å². The number of anilines is 1. The van der Waals surface area contributed by atoms with Crippen LogP contribution in [0.25, 0.3) is 0 Å². The summed E-state index contributed by atoms with van der Waals surface area (Å²) < 4.78 is 22.7. The zero-order valence-corrected chi connectivity index (χ0v) is 8.80. The fourth-order valence-electron chi connectivity index (χ4n) is 1.14. The van der Waals surface area contributed by atoms with E-state index in [2.05, 4.69) is 0 Å². The number of nitrogens with zero attached hydrogens (tertiary/aromatic N) is 1. The van der Waals surface area contributed by atoms with Gasteiger partial charge in [0.05, 0.1) is 10.6 Å². The van der Waals surface area contributed by atoms with Gasteiger partial charge < -0.3 is 4.90 Å². The minimum Gasteiger partial charge on any atom is -0.377 e. The Morgan fingerprint density at radius 3 is 2.08 bits per heavy atom. The molecule has 0 aromatic heterocycles. The van der Waals surface area contributed by atoms with Crippen LogP contribution in [0.15, 0.2) is 29.2 Å². The second kappa shape index (κ2) is 3.38. The molecule has 0 atom stereocenters. The Morgan fingerprint density at radius 2 is 1.69 bits per heavy atom. The van der Waals surface area contributed by atoms with Gasteiger partial charge in [-0.25, -0.2) is 8.42 Å². The summed E-state index contributed by atoms with van der Waals surface area (Å²) in [6, 6.07) is 6.95. The first-order valence-corrected chi connectivity index (χ1v) is 5.78. The predicted molar refractivity (Wildman–Crippen MR) is 53.9 cm³/mol. The summed E-state index contributed by atoms with van der Waals surface area (Å²) in [5, 5.41) is 0. The topological polar surface area (TPSA) is 37.4 Å². The Balaban J connectivity index is 3.37. The van der Waals surface area contributed by atoms with E-state index in [0.717, 1.165) is 5.69 Å². The molecule has 72 valence electrons. The van der Waals surface area contributed by atoms with Crippen molar-refractivity contribution in [2.24, 2.45) is 0 Å². The maximum Gasteiger partial charge on any atom is 0.177 e. The lowest BCUT2D eigenvalue weighted by Gasteiger charge is -2.15. The minimum absolute atomic E-state index is 0.375. The quantitative estimate of drug-likeness (QED) is 0.717. The number of rotatable bonds is 2. The molecule has 1 rings (SSSR count). The Labute approximate surface area is 78.9 Å². The van der Waals surface area contributed by atoms with E-state index in [0.29, 0.717) is 4.90 Å². The van der Waals surface area contributed by atoms with E-state index in [1.165, 1.54) is 6.26 Å². The normalized spacial score (nSPS) is 11.3. The van der Waals surface area contributed by atoms with E-state index < -0.39 is 9.84 Å². The Kier molecular flexibility index (Phi) is 2.61. The van der Waals surface area contributed by atoms with E-state index in [1.807, 2.05) is 20.2 Å². The van der Waals surface area contributed by atoms with Gasteiger partial charge in [-0.3, -0.25) is 0 Å². The van der Waals surface area contributed by atoms with Crippen LogP contribution in [0.4, 0.5) is 5.69 Å². The summed E-state index contributed by atoms with van der Waals surface area (Å²) in [5.41, 5.74) is 0.727. The van der Waals surface area contributed by atoms with Crippen LogP contribution in [-0.2, 0) is 9.84 Å². The third kappa shape index (κ3) is 2.21. The summed E-state index contributed by atoms with van der Waals surface area (Å²) in [4.78, 5) is 2.16. The maximum atomic E-state index is 11.3. The molecule has 1 aromatic carbocycles. The van der Waals surface area contributed by atoms with Crippen molar-refractivity contribution < 1.29 is 8.42 Å². The molecule has 0 amide bonds. The van der Waals surface area contributed by atoms with Gasteiger partial charge in [0.25, 0.3) is 0 Å². The smallest absolute Gasteiger partial charge is 0.177 e. The van der Waals surface area contributed by atoms with Gasteiger partial charge in [-0.1, -0.05) is 12.1 Å². The standard InChI is InChI=1S/C9H13NO2S/c1-10(2)8-6-4-5-7-9(8)13(3,11)12/h4-7H,1-3H3. The highest BCUT2D eigenvalue weighted by molar-refractivity contribution is 7.90. The van der Waals surface area contributed by atoms with Crippen molar-refractivity contribution in [3.8, 4) is 0 Å². The van der Waals surface area contributed by atoms with Crippen LogP contribution >= 0.6 is 0 Å². The highest BCUT2D eigenvalue weighted by Crippen LogP contribution is 2.22. The first-order chi connectivity index (χ1) is 5.93. The van der Waals surface area contributed by atoms with Gasteiger partial charge in [0, 0.05) is 20.4 Å². The zero-order valence-electron chi connectivity index (χ0n) is 7.98. The summed E-state index contributed by atoms with van der Waals surface area (Å²) in [6.45, 7) is 0. The molecule has 0 unspecified atom stereocenters. The molecule has 0 radical (unpaired) electrons. The van der Waals surface area contributed by atoms with Gasteiger partial charge >= 0.3 is 0 Å². The molecule has 0 saturated carbocycles. The maximum absolute atomic E-state index is 11.3. The molecule has 1 aromatic rings. The molecule has 0 fully saturated rings. The summed E-state index contributed by atoms with van der Waals surface area (Å²) >= 11 is 0. The highest BCUT2D eigenvalue weighted by atomic mass is 32.2. The third-order valence-electron chi connectivity index (χ3n) is 1.75. The second-order valence-electron chi connectivity index (χ2n) is 3.13. The summed E-state index contributed by atoms with van der Waals surface area (Å²) in [5.74, 6) is 0. The van der Waals surface area contributed by atoms with Crippen LogP contribution in [0, 0.1) is 0 Å². The number of sulfone groups is 1. The van der Waals surface area contributed by atoms with Crippen LogP contribution < -0.4 is 4.90 Å². The third-order valence-corrected chi connectivity index (χ3v) is 2.89. The largest absolute Gasteiger partial charge is 0.377 e. The average Bonchev–Trinajstić information content (AvgIpc) is 2.03. The van der Waals surface area contributed by atoms with Crippen molar-refractivity contribution in [3.63, 3.8) is 0 Å². The lowest BCUT2D eigenvalue weighted by molar-refractivity contribution is 0.602. The van der Waals surface area contributed by atoms with E-state index in [9.17, 15) is 8.42 Å². The van der Waals surface area contributed by atoms with Crippen LogP contribution in [0.3, 0.4) is 0 Å². The molecule has 0 aliphatic heterocycles. The number of hydrogen-bond acceptors (Lipinski definition) is 3. The van der Waals surface area contributed by atoms with Gasteiger partial charge in [-0.05, 0) is 12.1 Å². The Hall–Kier alpha value is -1.03. The number of hydrogen-bond donors (Lipinski definition) is 0. The molecular formula is C9H13NO2S. The second-order valence-corrected chi connectivity index (χ2v) is 5.12. The van der Waals surface area contributed by atoms with Gasteiger partial charge in [0.2, 0.25) is 0 Å². The molecule has 0 aliphatic carbocycles. The fraction of sp³-hybridized carbons (Fsp3) is 0.333. The van der Waals surface area contributed by atoms with Gasteiger partial charge in [0.1, 0.15) is 0 Å². The minimum atomic E-state index is -3.12. The molecule has 0 saturated heterocycles. The van der Waals surface area contributed by atoms with Crippen molar-refractivity contribution in [1.82, 2.24) is 0 Å². The lowest BCUT2D eigenvalue weighted by atomic mass is 10.3. The van der Waals surface area contributed by atoms with Crippen molar-refractivity contribution >= 4 is 15.5 Å². The zero-order chi connectivity index (χ0) is 10.1. The Morgan fingerprint density at radius 1 is 1.15 bits per heavy atom. The van der Waals surface area contributed by atoms with Crippen molar-refractivity contribution in [1.29, 1.82) is 0 Å². The molecule has 0 heterocycles. The SMILES string of the molecule is CN(C)c1ccccc1S(C)(=O)=O. The van der Waals surface area contributed by atoms with Crippen LogP contribution in [0.1, 0.15) is 0 Å². The molecule has 0 spiro atoms. The lowest BCUT2D eigenvalue weighted by Crippen LogP contribution is -2.13. The molecule has 13 heavy (non-hydrogen) atoms. The van der Waals surface area contributed by atoms with Gasteiger partial charge in [-0.15, -0.1) is 0 Å². The average molecular weight is 199 g/mol. The molecular weight excluding hydrogens is 186 g/mol. The molecule has 4 heteroatoms. The van der Waals surface area contributed by atoms with Crippen molar-refractivity contribution in [2.45, 2.75) is 4.90 Å². The van der Waals surface area contributed by atoms with E-state index in [4.69, 9.17) is 0 Å². The van der Waals surface area contributed by atoms with Crippen molar-refractivity contribution in [2.75, 3.05) is 25.3 Å². The van der Waals surface area contributed by atoms with E-state index in [1.54, 1.807) is 23.1 Å².